The van der Waals surface area contributed by atoms with E-state index < -0.39 is 17.6 Å². The van der Waals surface area contributed by atoms with Crippen LogP contribution in [0.15, 0.2) is 46.9 Å². The van der Waals surface area contributed by atoms with Gasteiger partial charge in [0.05, 0.1) is 16.6 Å². The Bertz CT molecular complexity index is 618. The summed E-state index contributed by atoms with van der Waals surface area (Å²) in [7, 11) is 0. The lowest BCUT2D eigenvalue weighted by atomic mass is 9.98. The van der Waals surface area contributed by atoms with Crippen LogP contribution in [0.25, 0.3) is 0 Å². The maximum atomic E-state index is 14.0. The zero-order valence-electron chi connectivity index (χ0n) is 9.74. The van der Waals surface area contributed by atoms with E-state index in [-0.39, 0.29) is 10.6 Å². The third kappa shape index (κ3) is 2.86. The molecule has 0 saturated carbocycles. The molecule has 2 nitrogen and oxygen atoms in total. The molecule has 2 rings (SSSR count). The van der Waals surface area contributed by atoms with Gasteiger partial charge in [0.25, 0.3) is 0 Å². The first kappa shape index (κ1) is 14.2. The van der Waals surface area contributed by atoms with Crippen LogP contribution in [-0.4, -0.2) is 5.78 Å². The first-order valence-electron chi connectivity index (χ1n) is 5.50. The number of carbonyl (C=O) groups is 1. The minimum absolute atomic E-state index is 0.107. The molecule has 0 fully saturated rings. The minimum atomic E-state index is -0.909. The Morgan fingerprint density at radius 1 is 1.21 bits per heavy atom. The highest BCUT2D eigenvalue weighted by Crippen LogP contribution is 2.29. The number of benzene rings is 2. The van der Waals surface area contributed by atoms with Crippen molar-refractivity contribution in [1.82, 2.24) is 0 Å². The number of rotatable bonds is 3. The van der Waals surface area contributed by atoms with Crippen molar-refractivity contribution in [3.63, 3.8) is 0 Å². The number of carbonyl (C=O) groups excluding carboxylic acids is 1. The van der Waals surface area contributed by atoms with Crippen molar-refractivity contribution in [3.8, 4) is 0 Å². The van der Waals surface area contributed by atoms with Crippen molar-refractivity contribution >= 4 is 33.3 Å². The van der Waals surface area contributed by atoms with Gasteiger partial charge in [-0.1, -0.05) is 41.9 Å². The van der Waals surface area contributed by atoms with Gasteiger partial charge >= 0.3 is 0 Å². The third-order valence-electron chi connectivity index (χ3n) is 2.74. The highest BCUT2D eigenvalue weighted by molar-refractivity contribution is 9.10. The smallest absolute Gasteiger partial charge is 0.187 e. The summed E-state index contributed by atoms with van der Waals surface area (Å²) in [5.74, 6) is -1.26. The van der Waals surface area contributed by atoms with E-state index >= 15 is 0 Å². The largest absolute Gasteiger partial charge is 0.318 e. The number of hydrogen-bond acceptors (Lipinski definition) is 2. The number of halogens is 3. The molecule has 98 valence electrons. The van der Waals surface area contributed by atoms with Crippen LogP contribution in [-0.2, 0) is 0 Å². The maximum absolute atomic E-state index is 14.0. The monoisotopic (exact) mass is 341 g/mol. The predicted molar refractivity (Wildman–Crippen MR) is 76.8 cm³/mol. The highest BCUT2D eigenvalue weighted by atomic mass is 79.9. The fraction of sp³-hybridized carbons (Fsp3) is 0.0714. The van der Waals surface area contributed by atoms with Crippen molar-refractivity contribution in [2.24, 2.45) is 5.73 Å². The van der Waals surface area contributed by atoms with Gasteiger partial charge in [-0.25, -0.2) is 4.39 Å². The quantitative estimate of drug-likeness (QED) is 0.673. The van der Waals surface area contributed by atoms with Crippen molar-refractivity contribution in [1.29, 1.82) is 0 Å². The summed E-state index contributed by atoms with van der Waals surface area (Å²) in [5, 5.41) is -0.119. The van der Waals surface area contributed by atoms with Crippen LogP contribution in [0.3, 0.4) is 0 Å². The SMILES string of the molecule is NC(C(=O)c1ccc(Br)c(Cl)c1F)c1ccccc1. The van der Waals surface area contributed by atoms with Crippen LogP contribution < -0.4 is 5.73 Å². The Morgan fingerprint density at radius 3 is 2.47 bits per heavy atom. The van der Waals surface area contributed by atoms with Crippen LogP contribution in [0.1, 0.15) is 22.0 Å². The molecule has 0 spiro atoms. The lowest BCUT2D eigenvalue weighted by Crippen LogP contribution is -2.22. The van der Waals surface area contributed by atoms with Gasteiger partial charge in [-0.2, -0.15) is 0 Å². The average Bonchev–Trinajstić information content (AvgIpc) is 2.44. The van der Waals surface area contributed by atoms with E-state index in [4.69, 9.17) is 17.3 Å². The molecule has 5 heteroatoms. The molecule has 0 bridgehead atoms. The summed E-state index contributed by atoms with van der Waals surface area (Å²) in [6.45, 7) is 0. The van der Waals surface area contributed by atoms with Crippen LogP contribution in [0.2, 0.25) is 5.02 Å². The Balaban J connectivity index is 2.38. The van der Waals surface area contributed by atoms with Crippen LogP contribution in [0.5, 0.6) is 0 Å². The summed E-state index contributed by atoms with van der Waals surface area (Å²) < 4.78 is 14.4. The van der Waals surface area contributed by atoms with Crippen LogP contribution >= 0.6 is 27.5 Å². The normalized spacial score (nSPS) is 12.2. The molecule has 0 aliphatic rings. The fourth-order valence-corrected chi connectivity index (χ4v) is 2.17. The molecule has 0 saturated heterocycles. The van der Waals surface area contributed by atoms with E-state index in [0.717, 1.165) is 0 Å². The van der Waals surface area contributed by atoms with Gasteiger partial charge in [0.1, 0.15) is 0 Å². The van der Waals surface area contributed by atoms with E-state index in [1.165, 1.54) is 12.1 Å². The van der Waals surface area contributed by atoms with E-state index in [9.17, 15) is 9.18 Å². The number of hydrogen-bond donors (Lipinski definition) is 1. The summed E-state index contributed by atoms with van der Waals surface area (Å²) in [6, 6.07) is 10.8. The van der Waals surface area contributed by atoms with Crippen molar-refractivity contribution in [2.75, 3.05) is 0 Å². The van der Waals surface area contributed by atoms with Gasteiger partial charge < -0.3 is 5.73 Å². The van der Waals surface area contributed by atoms with Crippen molar-refractivity contribution in [2.45, 2.75) is 6.04 Å². The molecule has 2 aromatic rings. The fourth-order valence-electron chi connectivity index (χ4n) is 1.70. The van der Waals surface area contributed by atoms with Gasteiger partial charge in [0, 0.05) is 4.47 Å². The number of Topliss-reactive ketones (excluding diaryl/α,β-unsaturated/α-hetero) is 1. The molecule has 0 heterocycles. The van der Waals surface area contributed by atoms with Crippen molar-refractivity contribution < 1.29 is 9.18 Å². The molecule has 1 atom stereocenters. The van der Waals surface area contributed by atoms with E-state index in [1.807, 2.05) is 6.07 Å². The summed E-state index contributed by atoms with van der Waals surface area (Å²) >= 11 is 8.86. The molecular formula is C14H10BrClFNO. The second-order valence-corrected chi connectivity index (χ2v) is 5.21. The molecule has 1 unspecified atom stereocenters. The van der Waals surface area contributed by atoms with E-state index in [0.29, 0.717) is 10.0 Å². The Kier molecular flexibility index (Phi) is 4.34. The Labute approximate surface area is 123 Å². The molecule has 0 aliphatic heterocycles. The molecule has 0 radical (unpaired) electrons. The standard InChI is InChI=1S/C14H10BrClFNO/c15-10-7-6-9(12(17)11(10)16)14(19)13(18)8-4-2-1-3-5-8/h1-7,13H,18H2. The molecular weight excluding hydrogens is 333 g/mol. The van der Waals surface area contributed by atoms with Gasteiger partial charge in [-0.15, -0.1) is 0 Å². The minimum Gasteiger partial charge on any atom is -0.318 e. The van der Waals surface area contributed by atoms with E-state index in [1.54, 1.807) is 24.3 Å². The second kappa shape index (κ2) is 5.82. The summed E-state index contributed by atoms with van der Waals surface area (Å²) in [4.78, 5) is 12.2. The Hall–Kier alpha value is -1.23. The Morgan fingerprint density at radius 2 is 1.84 bits per heavy atom. The van der Waals surface area contributed by atoms with Crippen LogP contribution in [0, 0.1) is 5.82 Å². The van der Waals surface area contributed by atoms with E-state index in [2.05, 4.69) is 15.9 Å². The van der Waals surface area contributed by atoms with Gasteiger partial charge in [0.15, 0.2) is 11.6 Å². The molecule has 0 aliphatic carbocycles. The second-order valence-electron chi connectivity index (χ2n) is 3.98. The lowest BCUT2D eigenvalue weighted by Gasteiger charge is -2.12. The summed E-state index contributed by atoms with van der Waals surface area (Å²) in [6.07, 6.45) is 0. The topological polar surface area (TPSA) is 43.1 Å². The third-order valence-corrected chi connectivity index (χ3v) is 4.00. The van der Waals surface area contributed by atoms with Crippen LogP contribution in [0.4, 0.5) is 4.39 Å². The first-order valence-corrected chi connectivity index (χ1v) is 6.67. The van der Waals surface area contributed by atoms with Gasteiger partial charge in [0.2, 0.25) is 0 Å². The molecule has 0 aromatic heterocycles. The van der Waals surface area contributed by atoms with Gasteiger partial charge in [-0.3, -0.25) is 4.79 Å². The predicted octanol–water partition coefficient (Wildman–Crippen LogP) is 4.12. The maximum Gasteiger partial charge on any atom is 0.187 e. The molecule has 19 heavy (non-hydrogen) atoms. The molecule has 2 aromatic carbocycles. The van der Waals surface area contributed by atoms with Gasteiger partial charge in [-0.05, 0) is 33.6 Å². The molecule has 0 amide bonds. The first-order chi connectivity index (χ1) is 9.02. The molecule has 2 N–H and O–H groups in total. The lowest BCUT2D eigenvalue weighted by molar-refractivity contribution is 0.0957. The zero-order chi connectivity index (χ0) is 14.0. The number of nitrogens with two attached hydrogens (primary N) is 1. The average molecular weight is 343 g/mol. The highest BCUT2D eigenvalue weighted by Gasteiger charge is 2.22. The van der Waals surface area contributed by atoms with Crippen molar-refractivity contribution in [3.05, 3.63) is 68.9 Å². The summed E-state index contributed by atoms with van der Waals surface area (Å²) in [5.41, 5.74) is 6.38. The number of ketones is 1. The zero-order valence-corrected chi connectivity index (χ0v) is 12.1.